The molecule has 2 aromatic heterocycles. The molecule has 0 fully saturated rings. The summed E-state index contributed by atoms with van der Waals surface area (Å²) in [6.45, 7) is 2.78. The number of para-hydroxylation sites is 2. The van der Waals surface area contributed by atoms with Gasteiger partial charge in [0.25, 0.3) is 0 Å². The van der Waals surface area contributed by atoms with E-state index in [1.165, 1.54) is 4.68 Å². The van der Waals surface area contributed by atoms with Gasteiger partial charge in [-0.05, 0) is 53.7 Å². The Morgan fingerprint density at radius 2 is 1.90 bits per heavy atom. The molecule has 10 heteroatoms. The molecule has 4 aromatic rings. The number of benzene rings is 2. The van der Waals surface area contributed by atoms with Crippen molar-refractivity contribution in [2.45, 2.75) is 19.9 Å². The summed E-state index contributed by atoms with van der Waals surface area (Å²) in [5, 5.41) is 11.3. The summed E-state index contributed by atoms with van der Waals surface area (Å²) < 4.78 is 23.3. The van der Waals surface area contributed by atoms with Crippen LogP contribution >= 0.6 is 0 Å². The van der Waals surface area contributed by atoms with Crippen LogP contribution in [0.4, 0.5) is 0 Å². The van der Waals surface area contributed by atoms with Gasteiger partial charge in [-0.3, -0.25) is 4.79 Å². The predicted molar refractivity (Wildman–Crippen MR) is 104 cm³/mol. The molecule has 0 unspecified atom stereocenters. The Hall–Kier alpha value is -3.95. The van der Waals surface area contributed by atoms with E-state index in [9.17, 15) is 4.79 Å². The SMILES string of the molecule is CCOC(=O)Cc1nnnn1CCOc1ccc(Oc2nc3ccccc3o2)cc1. The molecular weight excluding hydrogens is 390 g/mol. The minimum Gasteiger partial charge on any atom is -0.492 e. The number of rotatable bonds is 9. The molecule has 0 bridgehead atoms. The first-order valence-corrected chi connectivity index (χ1v) is 9.38. The van der Waals surface area contributed by atoms with Crippen molar-refractivity contribution in [3.05, 3.63) is 54.4 Å². The van der Waals surface area contributed by atoms with Crippen LogP contribution in [-0.4, -0.2) is 44.4 Å². The molecule has 2 heterocycles. The van der Waals surface area contributed by atoms with Gasteiger partial charge < -0.3 is 18.6 Å². The number of esters is 1. The van der Waals surface area contributed by atoms with Gasteiger partial charge in [0.2, 0.25) is 0 Å². The number of tetrazole rings is 1. The smallest absolute Gasteiger partial charge is 0.400 e. The molecule has 2 aromatic carbocycles. The highest BCUT2D eigenvalue weighted by Crippen LogP contribution is 2.26. The van der Waals surface area contributed by atoms with E-state index in [2.05, 4.69) is 20.5 Å². The molecule has 0 aliphatic carbocycles. The van der Waals surface area contributed by atoms with Gasteiger partial charge in [0.15, 0.2) is 11.4 Å². The van der Waals surface area contributed by atoms with Gasteiger partial charge in [-0.1, -0.05) is 12.1 Å². The number of carbonyl (C=O) groups excluding carboxylic acids is 1. The number of hydrogen-bond acceptors (Lipinski definition) is 9. The van der Waals surface area contributed by atoms with Crippen LogP contribution in [0.2, 0.25) is 0 Å². The predicted octanol–water partition coefficient (Wildman–Crippen LogP) is 2.79. The summed E-state index contributed by atoms with van der Waals surface area (Å²) in [6.07, 6.45) is 0.195. The number of hydrogen-bond donors (Lipinski definition) is 0. The first-order valence-electron chi connectivity index (χ1n) is 9.38. The van der Waals surface area contributed by atoms with Crippen molar-refractivity contribution in [2.24, 2.45) is 0 Å². The van der Waals surface area contributed by atoms with Crippen molar-refractivity contribution in [1.82, 2.24) is 25.2 Å². The number of oxazole rings is 1. The van der Waals surface area contributed by atoms with Crippen LogP contribution in [0, 0.1) is 0 Å². The molecule has 0 saturated heterocycles. The van der Waals surface area contributed by atoms with Crippen LogP contribution in [-0.2, 0) is 22.5 Å². The third kappa shape index (κ3) is 4.72. The standard InChI is InChI=1S/C20H19N5O5/c1-2-27-19(26)13-18-22-23-24-25(18)11-12-28-14-7-9-15(10-8-14)29-20-21-16-5-3-4-6-17(16)30-20/h3-10H,2,11-13H2,1H3. The Kier molecular flexibility index (Phi) is 5.83. The van der Waals surface area contributed by atoms with Gasteiger partial charge in [0, 0.05) is 0 Å². The molecule has 0 radical (unpaired) electrons. The third-order valence-corrected chi connectivity index (χ3v) is 4.09. The number of carbonyl (C=O) groups is 1. The summed E-state index contributed by atoms with van der Waals surface area (Å²) in [5.41, 5.74) is 1.40. The lowest BCUT2D eigenvalue weighted by Crippen LogP contribution is -2.16. The molecule has 0 aliphatic rings. The van der Waals surface area contributed by atoms with Crippen LogP contribution in [0.25, 0.3) is 11.1 Å². The van der Waals surface area contributed by atoms with E-state index in [0.29, 0.717) is 42.7 Å². The molecule has 0 aliphatic heterocycles. The van der Waals surface area contributed by atoms with Gasteiger partial charge >= 0.3 is 12.0 Å². The zero-order valence-corrected chi connectivity index (χ0v) is 16.2. The zero-order chi connectivity index (χ0) is 20.8. The first kappa shape index (κ1) is 19.4. The molecule has 154 valence electrons. The van der Waals surface area contributed by atoms with Gasteiger partial charge in [0.05, 0.1) is 13.2 Å². The highest BCUT2D eigenvalue weighted by atomic mass is 16.6. The maximum Gasteiger partial charge on any atom is 0.400 e. The topological polar surface area (TPSA) is 114 Å². The molecule has 0 spiro atoms. The van der Waals surface area contributed by atoms with Crippen molar-refractivity contribution < 1.29 is 23.4 Å². The molecule has 10 nitrogen and oxygen atoms in total. The van der Waals surface area contributed by atoms with Crippen molar-refractivity contribution in [1.29, 1.82) is 0 Å². The lowest BCUT2D eigenvalue weighted by molar-refractivity contribution is -0.142. The van der Waals surface area contributed by atoms with Crippen LogP contribution in [0.1, 0.15) is 12.7 Å². The summed E-state index contributed by atoms with van der Waals surface area (Å²) in [6, 6.07) is 14.5. The highest BCUT2D eigenvalue weighted by Gasteiger charge is 2.12. The summed E-state index contributed by atoms with van der Waals surface area (Å²) in [4.78, 5) is 15.9. The summed E-state index contributed by atoms with van der Waals surface area (Å²) in [7, 11) is 0. The van der Waals surface area contributed by atoms with Crippen molar-refractivity contribution in [3.8, 4) is 17.6 Å². The van der Waals surface area contributed by atoms with E-state index < -0.39 is 0 Å². The number of nitrogens with zero attached hydrogens (tertiary/aromatic N) is 5. The Bertz CT molecular complexity index is 1090. The number of ether oxygens (including phenoxy) is 3. The molecule has 0 N–H and O–H groups in total. The Morgan fingerprint density at radius 3 is 2.70 bits per heavy atom. The fraction of sp³-hybridized carbons (Fsp3) is 0.250. The van der Waals surface area contributed by atoms with Gasteiger partial charge in [-0.25, -0.2) is 4.68 Å². The Morgan fingerprint density at radius 1 is 1.10 bits per heavy atom. The van der Waals surface area contributed by atoms with E-state index in [1.54, 1.807) is 31.2 Å². The quantitative estimate of drug-likeness (QED) is 0.385. The fourth-order valence-corrected chi connectivity index (χ4v) is 2.71. The highest BCUT2D eigenvalue weighted by molar-refractivity contribution is 5.72. The maximum absolute atomic E-state index is 11.6. The van der Waals surface area contributed by atoms with E-state index in [4.69, 9.17) is 18.6 Å². The second kappa shape index (κ2) is 9.03. The van der Waals surface area contributed by atoms with Crippen LogP contribution < -0.4 is 9.47 Å². The van der Waals surface area contributed by atoms with Crippen molar-refractivity contribution >= 4 is 17.1 Å². The molecular formula is C20H19N5O5. The average molecular weight is 409 g/mol. The molecule has 0 amide bonds. The first-order chi connectivity index (χ1) is 14.7. The average Bonchev–Trinajstić information content (AvgIpc) is 3.35. The molecule has 30 heavy (non-hydrogen) atoms. The number of fused-ring (bicyclic) bond motifs is 1. The molecule has 0 saturated carbocycles. The van der Waals surface area contributed by atoms with E-state index in [0.717, 1.165) is 5.52 Å². The van der Waals surface area contributed by atoms with E-state index >= 15 is 0 Å². The maximum atomic E-state index is 11.6. The second-order valence-electron chi connectivity index (χ2n) is 6.17. The van der Waals surface area contributed by atoms with Crippen LogP contribution in [0.15, 0.2) is 52.9 Å². The largest absolute Gasteiger partial charge is 0.492 e. The summed E-state index contributed by atoms with van der Waals surface area (Å²) >= 11 is 0. The normalized spacial score (nSPS) is 10.8. The fourth-order valence-electron chi connectivity index (χ4n) is 2.71. The van der Waals surface area contributed by atoms with Crippen molar-refractivity contribution in [3.63, 3.8) is 0 Å². The van der Waals surface area contributed by atoms with Gasteiger partial charge in [0.1, 0.15) is 30.0 Å². The lowest BCUT2D eigenvalue weighted by atomic mass is 10.3. The van der Waals surface area contributed by atoms with E-state index in [-0.39, 0.29) is 18.5 Å². The third-order valence-electron chi connectivity index (χ3n) is 4.09. The van der Waals surface area contributed by atoms with Crippen molar-refractivity contribution in [2.75, 3.05) is 13.2 Å². The Balaban J connectivity index is 1.29. The number of aromatic nitrogens is 5. The molecule has 0 atom stereocenters. The van der Waals surface area contributed by atoms with Crippen LogP contribution in [0.3, 0.4) is 0 Å². The molecule has 4 rings (SSSR count). The second-order valence-corrected chi connectivity index (χ2v) is 6.17. The summed E-state index contributed by atoms with van der Waals surface area (Å²) in [5.74, 6) is 1.29. The Labute approximate surface area is 171 Å². The monoisotopic (exact) mass is 409 g/mol. The van der Waals surface area contributed by atoms with Gasteiger partial charge in [-0.2, -0.15) is 4.98 Å². The van der Waals surface area contributed by atoms with Crippen LogP contribution in [0.5, 0.6) is 17.6 Å². The van der Waals surface area contributed by atoms with Gasteiger partial charge in [-0.15, -0.1) is 5.10 Å². The minimum atomic E-state index is -0.371. The minimum absolute atomic E-state index is 0.0166. The van der Waals surface area contributed by atoms with E-state index in [1.807, 2.05) is 24.3 Å². The zero-order valence-electron chi connectivity index (χ0n) is 16.2. The lowest BCUT2D eigenvalue weighted by Gasteiger charge is -2.08.